The molecule has 0 unspecified atom stereocenters. The number of carbonyl (C=O) groups is 2. The van der Waals surface area contributed by atoms with Crippen LogP contribution in [-0.4, -0.2) is 32.0 Å². The summed E-state index contributed by atoms with van der Waals surface area (Å²) < 4.78 is 2.03. The summed E-state index contributed by atoms with van der Waals surface area (Å²) in [6.45, 7) is 1.77. The number of amides is 1. The number of carboxylic acids is 1. The lowest BCUT2D eigenvalue weighted by atomic mass is 10.2. The van der Waals surface area contributed by atoms with Gasteiger partial charge in [-0.05, 0) is 24.6 Å². The van der Waals surface area contributed by atoms with Crippen molar-refractivity contribution in [3.8, 4) is 0 Å². The molecular formula is C12H11BrN4O3. The molecule has 0 atom stereocenters. The minimum absolute atomic E-state index is 0.105. The van der Waals surface area contributed by atoms with E-state index in [0.717, 1.165) is 10.0 Å². The van der Waals surface area contributed by atoms with Crippen LogP contribution in [0.1, 0.15) is 16.1 Å². The largest absolute Gasteiger partial charge is 0.476 e. The Bertz CT molecular complexity index is 668. The lowest BCUT2D eigenvalue weighted by Crippen LogP contribution is -2.19. The SMILES string of the molecule is Cc1ccc(Br)cc1NC(=O)Cn1cc(C(=O)O)nn1. The summed E-state index contributed by atoms with van der Waals surface area (Å²) in [6.07, 6.45) is 1.20. The van der Waals surface area contributed by atoms with Crippen LogP contribution in [-0.2, 0) is 11.3 Å². The Morgan fingerprint density at radius 2 is 2.20 bits per heavy atom. The Hall–Kier alpha value is -2.22. The first-order chi connectivity index (χ1) is 9.45. The van der Waals surface area contributed by atoms with Crippen LogP contribution in [0.3, 0.4) is 0 Å². The van der Waals surface area contributed by atoms with Crippen molar-refractivity contribution in [3.05, 3.63) is 40.1 Å². The van der Waals surface area contributed by atoms with Crippen LogP contribution in [0.15, 0.2) is 28.9 Å². The van der Waals surface area contributed by atoms with E-state index in [1.54, 1.807) is 6.07 Å². The van der Waals surface area contributed by atoms with E-state index in [4.69, 9.17) is 5.11 Å². The third kappa shape index (κ3) is 3.41. The molecule has 0 aliphatic rings. The zero-order valence-electron chi connectivity index (χ0n) is 10.5. The highest BCUT2D eigenvalue weighted by Gasteiger charge is 2.11. The van der Waals surface area contributed by atoms with Crippen LogP contribution in [0.5, 0.6) is 0 Å². The van der Waals surface area contributed by atoms with Crippen molar-refractivity contribution in [3.63, 3.8) is 0 Å². The molecule has 0 radical (unpaired) electrons. The van der Waals surface area contributed by atoms with Gasteiger partial charge in [-0.2, -0.15) is 0 Å². The van der Waals surface area contributed by atoms with Crippen molar-refractivity contribution >= 4 is 33.5 Å². The minimum Gasteiger partial charge on any atom is -0.476 e. The van der Waals surface area contributed by atoms with Gasteiger partial charge in [0.25, 0.3) is 0 Å². The maximum atomic E-state index is 11.9. The number of aromatic carboxylic acids is 1. The Kier molecular flexibility index (Phi) is 4.14. The van der Waals surface area contributed by atoms with E-state index in [9.17, 15) is 9.59 Å². The predicted molar refractivity (Wildman–Crippen MR) is 74.5 cm³/mol. The van der Waals surface area contributed by atoms with Gasteiger partial charge >= 0.3 is 5.97 Å². The maximum absolute atomic E-state index is 11.9. The van der Waals surface area contributed by atoms with Gasteiger partial charge in [0.05, 0.1) is 6.20 Å². The first kappa shape index (κ1) is 14.2. The molecule has 0 bridgehead atoms. The van der Waals surface area contributed by atoms with Gasteiger partial charge in [-0.15, -0.1) is 5.10 Å². The number of hydrogen-bond donors (Lipinski definition) is 2. The number of nitrogens with zero attached hydrogens (tertiary/aromatic N) is 3. The van der Waals surface area contributed by atoms with E-state index in [1.165, 1.54) is 10.9 Å². The summed E-state index contributed by atoms with van der Waals surface area (Å²) in [6, 6.07) is 5.54. The van der Waals surface area contributed by atoms with Crippen molar-refractivity contribution in [1.82, 2.24) is 15.0 Å². The molecule has 1 heterocycles. The Balaban J connectivity index is 2.05. The fraction of sp³-hybridized carbons (Fsp3) is 0.167. The number of nitrogens with one attached hydrogen (secondary N) is 1. The Morgan fingerprint density at radius 3 is 2.85 bits per heavy atom. The molecule has 0 fully saturated rings. The number of carboxylic acid groups (broad SMARTS) is 1. The molecule has 1 aromatic carbocycles. The molecular weight excluding hydrogens is 328 g/mol. The summed E-state index contributed by atoms with van der Waals surface area (Å²) in [7, 11) is 0. The number of benzene rings is 1. The lowest BCUT2D eigenvalue weighted by Gasteiger charge is -2.08. The molecule has 0 aliphatic carbocycles. The predicted octanol–water partition coefficient (Wildman–Crippen LogP) is 1.69. The molecule has 1 aromatic heterocycles. The van der Waals surface area contributed by atoms with Crippen molar-refractivity contribution in [1.29, 1.82) is 0 Å². The summed E-state index contributed by atoms with van der Waals surface area (Å²) in [5.74, 6) is -1.49. The topological polar surface area (TPSA) is 97.1 Å². The van der Waals surface area contributed by atoms with E-state index in [2.05, 4.69) is 31.6 Å². The van der Waals surface area contributed by atoms with Gasteiger partial charge in [0.2, 0.25) is 5.91 Å². The highest BCUT2D eigenvalue weighted by atomic mass is 79.9. The second-order valence-electron chi connectivity index (χ2n) is 4.11. The fourth-order valence-corrected chi connectivity index (χ4v) is 1.90. The number of carbonyl (C=O) groups excluding carboxylic acids is 1. The highest BCUT2D eigenvalue weighted by Crippen LogP contribution is 2.20. The third-order valence-electron chi connectivity index (χ3n) is 2.54. The van der Waals surface area contributed by atoms with Gasteiger partial charge in [0, 0.05) is 10.2 Å². The second kappa shape index (κ2) is 5.83. The van der Waals surface area contributed by atoms with E-state index in [1.807, 2.05) is 19.1 Å². The minimum atomic E-state index is -1.18. The number of hydrogen-bond acceptors (Lipinski definition) is 4. The smallest absolute Gasteiger partial charge is 0.358 e. The summed E-state index contributed by atoms with van der Waals surface area (Å²) in [4.78, 5) is 22.5. The van der Waals surface area contributed by atoms with Crippen LogP contribution in [0.4, 0.5) is 5.69 Å². The van der Waals surface area contributed by atoms with Crippen LogP contribution < -0.4 is 5.32 Å². The van der Waals surface area contributed by atoms with Crippen molar-refractivity contribution < 1.29 is 14.7 Å². The Morgan fingerprint density at radius 1 is 1.45 bits per heavy atom. The van der Waals surface area contributed by atoms with Crippen molar-refractivity contribution in [2.45, 2.75) is 13.5 Å². The van der Waals surface area contributed by atoms with Crippen molar-refractivity contribution in [2.24, 2.45) is 0 Å². The quantitative estimate of drug-likeness (QED) is 0.883. The van der Waals surface area contributed by atoms with E-state index >= 15 is 0 Å². The fourth-order valence-electron chi connectivity index (χ4n) is 1.54. The number of halogens is 1. The highest BCUT2D eigenvalue weighted by molar-refractivity contribution is 9.10. The molecule has 0 saturated carbocycles. The first-order valence-electron chi connectivity index (χ1n) is 5.65. The van der Waals surface area contributed by atoms with Gasteiger partial charge in [-0.1, -0.05) is 27.2 Å². The normalized spacial score (nSPS) is 10.3. The van der Waals surface area contributed by atoms with Crippen LogP contribution in [0, 0.1) is 6.92 Å². The summed E-state index contributed by atoms with van der Waals surface area (Å²) in [5.41, 5.74) is 1.41. The summed E-state index contributed by atoms with van der Waals surface area (Å²) in [5, 5.41) is 18.5. The van der Waals surface area contributed by atoms with Gasteiger partial charge in [0.15, 0.2) is 5.69 Å². The van der Waals surface area contributed by atoms with Gasteiger partial charge in [-0.25, -0.2) is 9.48 Å². The third-order valence-corrected chi connectivity index (χ3v) is 3.03. The molecule has 104 valence electrons. The lowest BCUT2D eigenvalue weighted by molar-refractivity contribution is -0.116. The number of rotatable bonds is 4. The van der Waals surface area contributed by atoms with Crippen LogP contribution in [0.2, 0.25) is 0 Å². The molecule has 0 spiro atoms. The van der Waals surface area contributed by atoms with Crippen molar-refractivity contribution in [2.75, 3.05) is 5.32 Å². The number of aryl methyl sites for hydroxylation is 1. The average Bonchev–Trinajstić information content (AvgIpc) is 2.82. The summed E-state index contributed by atoms with van der Waals surface area (Å²) >= 11 is 3.33. The average molecular weight is 339 g/mol. The molecule has 0 aliphatic heterocycles. The standard InChI is InChI=1S/C12H11BrN4O3/c1-7-2-3-8(13)4-9(7)14-11(18)6-17-5-10(12(19)20)15-16-17/h2-5H,6H2,1H3,(H,14,18)(H,19,20). The monoisotopic (exact) mass is 338 g/mol. The number of aromatic nitrogens is 3. The van der Waals surface area contributed by atoms with E-state index in [-0.39, 0.29) is 18.1 Å². The van der Waals surface area contributed by atoms with E-state index in [0.29, 0.717) is 5.69 Å². The molecule has 2 N–H and O–H groups in total. The second-order valence-corrected chi connectivity index (χ2v) is 5.03. The van der Waals surface area contributed by atoms with Gasteiger partial charge in [-0.3, -0.25) is 4.79 Å². The molecule has 0 saturated heterocycles. The van der Waals surface area contributed by atoms with E-state index < -0.39 is 5.97 Å². The molecule has 1 amide bonds. The molecule has 20 heavy (non-hydrogen) atoms. The van der Waals surface area contributed by atoms with Crippen LogP contribution >= 0.6 is 15.9 Å². The molecule has 7 nitrogen and oxygen atoms in total. The number of anilines is 1. The van der Waals surface area contributed by atoms with Crippen LogP contribution in [0.25, 0.3) is 0 Å². The maximum Gasteiger partial charge on any atom is 0.358 e. The first-order valence-corrected chi connectivity index (χ1v) is 6.44. The molecule has 2 aromatic rings. The van der Waals surface area contributed by atoms with Gasteiger partial charge in [0.1, 0.15) is 6.54 Å². The molecule has 2 rings (SSSR count). The zero-order valence-corrected chi connectivity index (χ0v) is 12.1. The van der Waals surface area contributed by atoms with Gasteiger partial charge < -0.3 is 10.4 Å². The zero-order chi connectivity index (χ0) is 14.7. The Labute approximate surface area is 122 Å². The molecule has 8 heteroatoms.